The topological polar surface area (TPSA) is 121 Å². The first-order chi connectivity index (χ1) is 5.46. The lowest BCUT2D eigenvalue weighted by molar-refractivity contribution is -0.223. The highest BCUT2D eigenvalue weighted by molar-refractivity contribution is 14.0. The highest BCUT2D eigenvalue weighted by atomic mass is 127. The Kier molecular flexibility index (Phi) is 5.00. The van der Waals surface area contributed by atoms with Crippen molar-refractivity contribution in [2.45, 2.75) is 36.6 Å². The molecule has 0 aliphatic heterocycles. The molecule has 1 aliphatic carbocycles. The molecular weight excluding hydrogens is 295 g/mol. The number of aliphatic hydroxyl groups is 6. The Morgan fingerprint density at radius 2 is 0.462 bits per heavy atom. The lowest BCUT2D eigenvalue weighted by atomic mass is 9.85. The fraction of sp³-hybridized carbons (Fsp3) is 1.00. The van der Waals surface area contributed by atoms with E-state index in [4.69, 9.17) is 30.6 Å². The van der Waals surface area contributed by atoms with Crippen LogP contribution in [0.1, 0.15) is 0 Å². The first-order valence-electron chi connectivity index (χ1n) is 3.55. The van der Waals surface area contributed by atoms with Crippen molar-refractivity contribution in [1.29, 1.82) is 0 Å². The summed E-state index contributed by atoms with van der Waals surface area (Å²) in [5, 5.41) is 53.8. The molecule has 0 atom stereocenters. The first kappa shape index (κ1) is 13.5. The van der Waals surface area contributed by atoms with Gasteiger partial charge < -0.3 is 30.6 Å². The van der Waals surface area contributed by atoms with Crippen LogP contribution in [0.2, 0.25) is 0 Å². The van der Waals surface area contributed by atoms with Gasteiger partial charge in [0.25, 0.3) is 0 Å². The number of aliphatic hydroxyl groups excluding tert-OH is 6. The molecule has 0 unspecified atom stereocenters. The van der Waals surface area contributed by atoms with Gasteiger partial charge >= 0.3 is 0 Å². The van der Waals surface area contributed by atoms with Crippen LogP contribution < -0.4 is 0 Å². The van der Waals surface area contributed by atoms with E-state index in [1.165, 1.54) is 0 Å². The molecule has 1 rings (SSSR count). The third-order valence-electron chi connectivity index (χ3n) is 2.10. The summed E-state index contributed by atoms with van der Waals surface area (Å²) in [5.74, 6) is 0. The Bertz CT molecular complexity index is 109. The molecule has 0 radical (unpaired) electrons. The van der Waals surface area contributed by atoms with Crippen molar-refractivity contribution in [2.75, 3.05) is 0 Å². The Balaban J connectivity index is 0.00000144. The second-order valence-corrected chi connectivity index (χ2v) is 2.94. The number of rotatable bonds is 0. The molecule has 80 valence electrons. The minimum Gasteiger partial charge on any atom is -0.387 e. The van der Waals surface area contributed by atoms with Gasteiger partial charge in [0.2, 0.25) is 0 Å². The number of halogens is 1. The maximum Gasteiger partial charge on any atom is 0.111 e. The number of hydrogen-bond acceptors (Lipinski definition) is 6. The quantitative estimate of drug-likeness (QED) is 0.262. The molecule has 13 heavy (non-hydrogen) atoms. The smallest absolute Gasteiger partial charge is 0.111 e. The van der Waals surface area contributed by atoms with Gasteiger partial charge in [-0.25, -0.2) is 0 Å². The summed E-state index contributed by atoms with van der Waals surface area (Å²) in [7, 11) is 0. The highest BCUT2D eigenvalue weighted by Crippen LogP contribution is 2.20. The van der Waals surface area contributed by atoms with Crippen LogP contribution in [0, 0.1) is 0 Å². The van der Waals surface area contributed by atoms with E-state index >= 15 is 0 Å². The summed E-state index contributed by atoms with van der Waals surface area (Å²) in [4.78, 5) is 0. The molecule has 0 saturated heterocycles. The van der Waals surface area contributed by atoms with E-state index in [-0.39, 0.29) is 24.0 Å². The SMILES string of the molecule is I.OC1C(O)C(O)C(O)C(O)C1O. The molecule has 0 amide bonds. The molecular formula is C6H13IO6. The van der Waals surface area contributed by atoms with Gasteiger partial charge in [-0.2, -0.15) is 0 Å². The van der Waals surface area contributed by atoms with Crippen LogP contribution >= 0.6 is 24.0 Å². The van der Waals surface area contributed by atoms with Crippen molar-refractivity contribution < 1.29 is 30.6 Å². The predicted octanol–water partition coefficient (Wildman–Crippen LogP) is -3.22. The van der Waals surface area contributed by atoms with E-state index in [9.17, 15) is 0 Å². The lowest BCUT2D eigenvalue weighted by Crippen LogP contribution is -2.63. The normalized spacial score (nSPS) is 51.2. The summed E-state index contributed by atoms with van der Waals surface area (Å²) in [6, 6.07) is 0. The molecule has 0 aromatic heterocycles. The van der Waals surface area contributed by atoms with Crippen molar-refractivity contribution >= 4 is 24.0 Å². The Labute approximate surface area is 91.5 Å². The molecule has 0 bridgehead atoms. The molecule has 0 aromatic carbocycles. The minimum absolute atomic E-state index is 0. The van der Waals surface area contributed by atoms with Gasteiger partial charge in [-0.1, -0.05) is 0 Å². The van der Waals surface area contributed by atoms with Crippen LogP contribution in [0.15, 0.2) is 0 Å². The molecule has 0 heterocycles. The third kappa shape index (κ3) is 2.29. The molecule has 0 aromatic rings. The van der Waals surface area contributed by atoms with E-state index in [0.29, 0.717) is 0 Å². The zero-order valence-corrected chi connectivity index (χ0v) is 8.89. The van der Waals surface area contributed by atoms with Gasteiger partial charge in [0.05, 0.1) is 0 Å². The molecule has 0 spiro atoms. The fourth-order valence-corrected chi connectivity index (χ4v) is 1.21. The summed E-state index contributed by atoms with van der Waals surface area (Å²) in [5.41, 5.74) is 0. The first-order valence-corrected chi connectivity index (χ1v) is 3.55. The van der Waals surface area contributed by atoms with Crippen molar-refractivity contribution in [2.24, 2.45) is 0 Å². The largest absolute Gasteiger partial charge is 0.387 e. The van der Waals surface area contributed by atoms with Crippen molar-refractivity contribution in [3.8, 4) is 0 Å². The van der Waals surface area contributed by atoms with E-state index in [1.54, 1.807) is 0 Å². The second-order valence-electron chi connectivity index (χ2n) is 2.94. The van der Waals surface area contributed by atoms with Gasteiger partial charge in [-0.15, -0.1) is 24.0 Å². The van der Waals surface area contributed by atoms with Crippen LogP contribution in [0.4, 0.5) is 0 Å². The van der Waals surface area contributed by atoms with Crippen molar-refractivity contribution in [1.82, 2.24) is 0 Å². The van der Waals surface area contributed by atoms with Crippen LogP contribution in [-0.2, 0) is 0 Å². The molecule has 1 fully saturated rings. The van der Waals surface area contributed by atoms with Gasteiger partial charge in [0.15, 0.2) is 0 Å². The van der Waals surface area contributed by atoms with E-state index in [0.717, 1.165) is 0 Å². The van der Waals surface area contributed by atoms with Crippen molar-refractivity contribution in [3.05, 3.63) is 0 Å². The third-order valence-corrected chi connectivity index (χ3v) is 2.10. The Hall–Kier alpha value is 0.490. The molecule has 6 N–H and O–H groups in total. The minimum atomic E-state index is -1.64. The van der Waals surface area contributed by atoms with Crippen LogP contribution in [0.3, 0.4) is 0 Å². The zero-order valence-electron chi connectivity index (χ0n) is 6.56. The lowest BCUT2D eigenvalue weighted by Gasteiger charge is -2.39. The molecule has 1 aliphatic rings. The Morgan fingerprint density at radius 1 is 0.385 bits per heavy atom. The fourth-order valence-electron chi connectivity index (χ4n) is 1.21. The van der Waals surface area contributed by atoms with Gasteiger partial charge in [0, 0.05) is 0 Å². The summed E-state index contributed by atoms with van der Waals surface area (Å²) in [6.45, 7) is 0. The standard InChI is InChI=1S/C6H12O6.HI/c7-1-2(8)4(10)6(12)5(11)3(1)9;/h1-12H;1H. The van der Waals surface area contributed by atoms with Crippen molar-refractivity contribution in [3.63, 3.8) is 0 Å². The van der Waals surface area contributed by atoms with Crippen LogP contribution in [0.25, 0.3) is 0 Å². The monoisotopic (exact) mass is 308 g/mol. The maximum absolute atomic E-state index is 8.97. The molecule has 6 nitrogen and oxygen atoms in total. The molecule has 7 heteroatoms. The van der Waals surface area contributed by atoms with E-state index < -0.39 is 36.6 Å². The molecule has 1 saturated carbocycles. The maximum atomic E-state index is 8.97. The van der Waals surface area contributed by atoms with Gasteiger partial charge in [-0.05, 0) is 0 Å². The van der Waals surface area contributed by atoms with Gasteiger partial charge in [0.1, 0.15) is 36.6 Å². The Morgan fingerprint density at radius 3 is 0.538 bits per heavy atom. The average Bonchev–Trinajstić information content (AvgIpc) is 2.08. The summed E-state index contributed by atoms with van der Waals surface area (Å²) < 4.78 is 0. The zero-order chi connectivity index (χ0) is 9.46. The predicted molar refractivity (Wildman–Crippen MR) is 51.5 cm³/mol. The summed E-state index contributed by atoms with van der Waals surface area (Å²) in [6.07, 6.45) is -9.84. The van der Waals surface area contributed by atoms with E-state index in [1.807, 2.05) is 0 Å². The second kappa shape index (κ2) is 4.82. The average molecular weight is 308 g/mol. The highest BCUT2D eigenvalue weighted by Gasteiger charge is 2.47. The van der Waals surface area contributed by atoms with Crippen LogP contribution in [0.5, 0.6) is 0 Å². The van der Waals surface area contributed by atoms with Crippen LogP contribution in [-0.4, -0.2) is 67.3 Å². The summed E-state index contributed by atoms with van der Waals surface area (Å²) >= 11 is 0. The van der Waals surface area contributed by atoms with E-state index in [2.05, 4.69) is 0 Å². The van der Waals surface area contributed by atoms with Gasteiger partial charge in [-0.3, -0.25) is 0 Å². The number of hydrogen-bond donors (Lipinski definition) is 6.